The molecule has 3 aromatic carbocycles. The summed E-state index contributed by atoms with van der Waals surface area (Å²) in [6, 6.07) is 25.0. The summed E-state index contributed by atoms with van der Waals surface area (Å²) in [7, 11) is -2.21. The number of anilines is 1. The maximum absolute atomic E-state index is 13.4. The van der Waals surface area contributed by atoms with Crippen molar-refractivity contribution in [3.8, 4) is 0 Å². The third kappa shape index (κ3) is 4.84. The first-order valence-corrected chi connectivity index (χ1v) is 10.7. The first kappa shape index (κ1) is 20.6. The van der Waals surface area contributed by atoms with Crippen LogP contribution in [0.2, 0.25) is 0 Å². The molecule has 0 unspecified atom stereocenters. The second-order valence-corrected chi connectivity index (χ2v) is 8.71. The first-order chi connectivity index (χ1) is 13.9. The Hall–Kier alpha value is -3.12. The molecule has 0 heterocycles. The number of rotatable bonds is 7. The van der Waals surface area contributed by atoms with E-state index in [1.165, 1.54) is 4.31 Å². The van der Waals surface area contributed by atoms with Crippen molar-refractivity contribution in [2.45, 2.75) is 18.4 Å². The van der Waals surface area contributed by atoms with Gasteiger partial charge in [-0.25, -0.2) is 8.42 Å². The molecule has 0 aliphatic rings. The predicted octanol–water partition coefficient (Wildman–Crippen LogP) is 3.85. The molecule has 5 nitrogen and oxygen atoms in total. The van der Waals surface area contributed by atoms with E-state index in [1.807, 2.05) is 49.4 Å². The monoisotopic (exact) mass is 408 g/mol. The highest BCUT2D eigenvalue weighted by atomic mass is 32.2. The zero-order chi connectivity index (χ0) is 20.9. The molecule has 150 valence electrons. The maximum atomic E-state index is 13.4. The molecule has 0 aliphatic carbocycles. The van der Waals surface area contributed by atoms with Crippen LogP contribution in [0.5, 0.6) is 0 Å². The standard InChI is InChI=1S/C23H24N2O3S/c1-19-11-9-10-16-22(19)25(29(27,28)21-14-7-4-8-15-21)18-23(26)24(2)17-20-12-5-3-6-13-20/h3-16H,17-18H2,1-2H3. The second-order valence-electron chi connectivity index (χ2n) is 6.85. The normalized spacial score (nSPS) is 11.1. The van der Waals surface area contributed by atoms with Crippen molar-refractivity contribution in [3.63, 3.8) is 0 Å². The van der Waals surface area contributed by atoms with Crippen molar-refractivity contribution in [3.05, 3.63) is 96.1 Å². The Kier molecular flexibility index (Phi) is 6.34. The number of nitrogens with zero attached hydrogens (tertiary/aromatic N) is 2. The van der Waals surface area contributed by atoms with Gasteiger partial charge in [0.15, 0.2) is 0 Å². The second kappa shape index (κ2) is 8.92. The van der Waals surface area contributed by atoms with E-state index in [2.05, 4.69) is 0 Å². The van der Waals surface area contributed by atoms with Crippen LogP contribution < -0.4 is 4.31 Å². The van der Waals surface area contributed by atoms with E-state index in [9.17, 15) is 13.2 Å². The lowest BCUT2D eigenvalue weighted by atomic mass is 10.2. The fourth-order valence-corrected chi connectivity index (χ4v) is 4.55. The smallest absolute Gasteiger partial charge is 0.264 e. The summed E-state index contributed by atoms with van der Waals surface area (Å²) >= 11 is 0. The number of carbonyl (C=O) groups excluding carboxylic acids is 1. The number of likely N-dealkylation sites (N-methyl/N-ethyl adjacent to an activating group) is 1. The van der Waals surface area contributed by atoms with Crippen LogP contribution in [0.3, 0.4) is 0 Å². The number of para-hydroxylation sites is 1. The predicted molar refractivity (Wildman–Crippen MR) is 115 cm³/mol. The highest BCUT2D eigenvalue weighted by Gasteiger charge is 2.29. The number of hydrogen-bond donors (Lipinski definition) is 0. The molecule has 3 rings (SSSR count). The molecule has 0 aromatic heterocycles. The lowest BCUT2D eigenvalue weighted by molar-refractivity contribution is -0.128. The van der Waals surface area contributed by atoms with Crippen molar-refractivity contribution in [2.24, 2.45) is 0 Å². The topological polar surface area (TPSA) is 57.7 Å². The van der Waals surface area contributed by atoms with Crippen molar-refractivity contribution in [2.75, 3.05) is 17.9 Å². The van der Waals surface area contributed by atoms with E-state index in [0.29, 0.717) is 12.2 Å². The van der Waals surface area contributed by atoms with Crippen LogP contribution in [0.4, 0.5) is 5.69 Å². The number of sulfonamides is 1. The van der Waals surface area contributed by atoms with Crippen molar-refractivity contribution < 1.29 is 13.2 Å². The van der Waals surface area contributed by atoms with Crippen LogP contribution >= 0.6 is 0 Å². The Labute approximate surface area is 172 Å². The van der Waals surface area contributed by atoms with Crippen LogP contribution in [-0.2, 0) is 21.4 Å². The van der Waals surface area contributed by atoms with Gasteiger partial charge in [0.2, 0.25) is 5.91 Å². The quantitative estimate of drug-likeness (QED) is 0.597. The average molecular weight is 409 g/mol. The number of benzene rings is 3. The Balaban J connectivity index is 1.92. The van der Waals surface area contributed by atoms with Crippen LogP contribution in [0, 0.1) is 6.92 Å². The molecule has 1 amide bonds. The largest absolute Gasteiger partial charge is 0.340 e. The minimum Gasteiger partial charge on any atom is -0.340 e. The van der Waals surface area contributed by atoms with Gasteiger partial charge >= 0.3 is 0 Å². The van der Waals surface area contributed by atoms with E-state index >= 15 is 0 Å². The molecule has 0 bridgehead atoms. The van der Waals surface area contributed by atoms with Crippen LogP contribution in [-0.4, -0.2) is 32.8 Å². The molecular formula is C23H24N2O3S. The van der Waals surface area contributed by atoms with Gasteiger partial charge in [-0.15, -0.1) is 0 Å². The van der Waals surface area contributed by atoms with Gasteiger partial charge in [-0.3, -0.25) is 9.10 Å². The van der Waals surface area contributed by atoms with Gasteiger partial charge in [-0.2, -0.15) is 0 Å². The molecule has 3 aromatic rings. The number of hydrogen-bond acceptors (Lipinski definition) is 3. The number of aryl methyl sites for hydroxylation is 1. The van der Waals surface area contributed by atoms with Crippen LogP contribution in [0.25, 0.3) is 0 Å². The molecule has 0 atom stereocenters. The summed E-state index contributed by atoms with van der Waals surface area (Å²) in [6.45, 7) is 1.97. The summed E-state index contributed by atoms with van der Waals surface area (Å²) in [5.41, 5.74) is 2.26. The van der Waals surface area contributed by atoms with Crippen molar-refractivity contribution in [1.29, 1.82) is 0 Å². The summed E-state index contributed by atoms with van der Waals surface area (Å²) in [5.74, 6) is -0.281. The summed E-state index contributed by atoms with van der Waals surface area (Å²) in [5, 5.41) is 0. The molecule has 0 fully saturated rings. The minimum atomic E-state index is -3.89. The molecule has 0 radical (unpaired) electrons. The molecule has 0 N–H and O–H groups in total. The third-order valence-electron chi connectivity index (χ3n) is 4.68. The average Bonchev–Trinajstić information content (AvgIpc) is 2.73. The van der Waals surface area contributed by atoms with Crippen molar-refractivity contribution in [1.82, 2.24) is 4.90 Å². The number of amides is 1. The van der Waals surface area contributed by atoms with Gasteiger partial charge < -0.3 is 4.90 Å². The first-order valence-electron chi connectivity index (χ1n) is 9.31. The molecular weight excluding hydrogens is 384 g/mol. The molecule has 29 heavy (non-hydrogen) atoms. The highest BCUT2D eigenvalue weighted by molar-refractivity contribution is 7.92. The Morgan fingerprint density at radius 2 is 1.38 bits per heavy atom. The van der Waals surface area contributed by atoms with E-state index in [1.54, 1.807) is 54.4 Å². The fraction of sp³-hybridized carbons (Fsp3) is 0.174. The molecule has 0 spiro atoms. The molecule has 6 heteroatoms. The lowest BCUT2D eigenvalue weighted by Gasteiger charge is -2.28. The van der Waals surface area contributed by atoms with Crippen molar-refractivity contribution >= 4 is 21.6 Å². The van der Waals surface area contributed by atoms with E-state index in [4.69, 9.17) is 0 Å². The minimum absolute atomic E-state index is 0.154. The van der Waals surface area contributed by atoms with E-state index in [0.717, 1.165) is 11.1 Å². The van der Waals surface area contributed by atoms with Gasteiger partial charge in [0.1, 0.15) is 6.54 Å². The SMILES string of the molecule is Cc1ccccc1N(CC(=O)N(C)Cc1ccccc1)S(=O)(=O)c1ccccc1. The summed E-state index contributed by atoms with van der Waals surface area (Å²) in [4.78, 5) is 14.6. The zero-order valence-electron chi connectivity index (χ0n) is 16.5. The Bertz CT molecular complexity index is 1070. The van der Waals surface area contributed by atoms with Gasteiger partial charge in [-0.1, -0.05) is 66.7 Å². The van der Waals surface area contributed by atoms with Crippen LogP contribution in [0.1, 0.15) is 11.1 Å². The van der Waals surface area contributed by atoms with Crippen LogP contribution in [0.15, 0.2) is 89.8 Å². The van der Waals surface area contributed by atoms with Gasteiger partial charge in [0, 0.05) is 13.6 Å². The lowest BCUT2D eigenvalue weighted by Crippen LogP contribution is -2.41. The zero-order valence-corrected chi connectivity index (χ0v) is 17.3. The fourth-order valence-electron chi connectivity index (χ4n) is 3.05. The third-order valence-corrected chi connectivity index (χ3v) is 6.46. The summed E-state index contributed by atoms with van der Waals surface area (Å²) in [6.07, 6.45) is 0. The van der Waals surface area contributed by atoms with E-state index < -0.39 is 10.0 Å². The Morgan fingerprint density at radius 3 is 2.00 bits per heavy atom. The van der Waals surface area contributed by atoms with Gasteiger partial charge in [0.05, 0.1) is 10.6 Å². The van der Waals surface area contributed by atoms with Gasteiger partial charge in [-0.05, 0) is 36.2 Å². The number of carbonyl (C=O) groups is 1. The molecule has 0 aliphatic heterocycles. The maximum Gasteiger partial charge on any atom is 0.264 e. The highest BCUT2D eigenvalue weighted by Crippen LogP contribution is 2.26. The van der Waals surface area contributed by atoms with Gasteiger partial charge in [0.25, 0.3) is 10.0 Å². The summed E-state index contributed by atoms with van der Waals surface area (Å²) < 4.78 is 27.9. The molecule has 0 saturated carbocycles. The molecule has 0 saturated heterocycles. The Morgan fingerprint density at radius 1 is 0.828 bits per heavy atom. The van der Waals surface area contributed by atoms with E-state index in [-0.39, 0.29) is 17.3 Å².